The van der Waals surface area contributed by atoms with E-state index in [0.29, 0.717) is 6.54 Å². The summed E-state index contributed by atoms with van der Waals surface area (Å²) in [6.07, 6.45) is 1.10. The molecule has 0 atom stereocenters. The van der Waals surface area contributed by atoms with Crippen molar-refractivity contribution in [3.63, 3.8) is 0 Å². The Hall–Kier alpha value is -2.94. The minimum atomic E-state index is -0.559. The van der Waals surface area contributed by atoms with Crippen molar-refractivity contribution >= 4 is 17.5 Å². The average molecular weight is 290 g/mol. The van der Waals surface area contributed by atoms with Crippen LogP contribution in [0, 0.1) is 10.1 Å². The van der Waals surface area contributed by atoms with Gasteiger partial charge in [-0.1, -0.05) is 12.1 Å². The van der Waals surface area contributed by atoms with Gasteiger partial charge in [0, 0.05) is 6.54 Å². The van der Waals surface area contributed by atoms with Gasteiger partial charge in [-0.3, -0.25) is 15.5 Å². The van der Waals surface area contributed by atoms with Crippen LogP contribution < -0.4 is 21.3 Å². The van der Waals surface area contributed by atoms with Crippen LogP contribution in [0.2, 0.25) is 0 Å². The lowest BCUT2D eigenvalue weighted by Gasteiger charge is -2.08. The summed E-state index contributed by atoms with van der Waals surface area (Å²) in [7, 11) is 1.58. The molecule has 9 heteroatoms. The number of nitro groups is 1. The second-order valence-electron chi connectivity index (χ2n) is 4.03. The SMILES string of the molecule is COc1ccc(CNc2nc(NN)ncc2[N+](=O)[O-])cc1. The molecule has 0 aliphatic rings. The fourth-order valence-corrected chi connectivity index (χ4v) is 1.64. The van der Waals surface area contributed by atoms with Gasteiger partial charge in [0.05, 0.1) is 12.0 Å². The highest BCUT2D eigenvalue weighted by Gasteiger charge is 2.16. The molecule has 0 unspecified atom stereocenters. The van der Waals surface area contributed by atoms with Crippen LogP contribution in [-0.2, 0) is 6.54 Å². The van der Waals surface area contributed by atoms with Gasteiger partial charge in [0.2, 0.25) is 11.8 Å². The molecule has 0 aliphatic heterocycles. The number of nitrogens with one attached hydrogen (secondary N) is 2. The van der Waals surface area contributed by atoms with E-state index >= 15 is 0 Å². The third-order valence-electron chi connectivity index (χ3n) is 2.71. The van der Waals surface area contributed by atoms with Crippen LogP contribution >= 0.6 is 0 Å². The van der Waals surface area contributed by atoms with Crippen molar-refractivity contribution in [1.82, 2.24) is 9.97 Å². The molecule has 21 heavy (non-hydrogen) atoms. The number of aromatic nitrogens is 2. The maximum atomic E-state index is 10.9. The molecule has 1 aromatic heterocycles. The highest BCUT2D eigenvalue weighted by molar-refractivity contribution is 5.57. The number of hydrogen-bond donors (Lipinski definition) is 3. The average Bonchev–Trinajstić information content (AvgIpc) is 2.52. The summed E-state index contributed by atoms with van der Waals surface area (Å²) < 4.78 is 5.06. The molecule has 0 saturated heterocycles. The fourth-order valence-electron chi connectivity index (χ4n) is 1.64. The number of nitrogens with zero attached hydrogens (tertiary/aromatic N) is 3. The van der Waals surface area contributed by atoms with E-state index in [-0.39, 0.29) is 17.5 Å². The molecule has 1 heterocycles. The van der Waals surface area contributed by atoms with Crippen molar-refractivity contribution in [3.8, 4) is 5.75 Å². The topological polar surface area (TPSA) is 128 Å². The van der Waals surface area contributed by atoms with E-state index in [1.54, 1.807) is 19.2 Å². The first-order valence-corrected chi connectivity index (χ1v) is 5.99. The van der Waals surface area contributed by atoms with Crippen molar-refractivity contribution in [2.24, 2.45) is 5.84 Å². The molecule has 0 radical (unpaired) electrons. The number of methoxy groups -OCH3 is 1. The maximum absolute atomic E-state index is 10.9. The van der Waals surface area contributed by atoms with Crippen LogP contribution in [0.15, 0.2) is 30.5 Å². The van der Waals surface area contributed by atoms with Crippen LogP contribution in [0.5, 0.6) is 5.75 Å². The first-order valence-electron chi connectivity index (χ1n) is 5.99. The molecular formula is C12H14N6O3. The molecule has 2 rings (SSSR count). The maximum Gasteiger partial charge on any atom is 0.329 e. The normalized spacial score (nSPS) is 10.0. The van der Waals surface area contributed by atoms with Crippen molar-refractivity contribution in [3.05, 3.63) is 46.1 Å². The number of benzene rings is 1. The van der Waals surface area contributed by atoms with E-state index in [2.05, 4.69) is 20.7 Å². The highest BCUT2D eigenvalue weighted by Crippen LogP contribution is 2.22. The summed E-state index contributed by atoms with van der Waals surface area (Å²) in [4.78, 5) is 18.0. The summed E-state index contributed by atoms with van der Waals surface area (Å²) in [5.74, 6) is 6.13. The van der Waals surface area contributed by atoms with Crippen molar-refractivity contribution in [2.45, 2.75) is 6.54 Å². The van der Waals surface area contributed by atoms with Gasteiger partial charge < -0.3 is 10.1 Å². The molecule has 2 aromatic rings. The van der Waals surface area contributed by atoms with Crippen molar-refractivity contribution < 1.29 is 9.66 Å². The third-order valence-corrected chi connectivity index (χ3v) is 2.71. The van der Waals surface area contributed by atoms with Gasteiger partial charge in [-0.15, -0.1) is 0 Å². The summed E-state index contributed by atoms with van der Waals surface area (Å²) in [5, 5.41) is 13.8. The predicted octanol–water partition coefficient (Wildman–Crippen LogP) is 1.29. The van der Waals surface area contributed by atoms with Crippen LogP contribution in [0.1, 0.15) is 5.56 Å². The van der Waals surface area contributed by atoms with Gasteiger partial charge in [-0.05, 0) is 17.7 Å². The molecular weight excluding hydrogens is 276 g/mol. The van der Waals surface area contributed by atoms with Crippen LogP contribution in [-0.4, -0.2) is 22.0 Å². The lowest BCUT2D eigenvalue weighted by molar-refractivity contribution is -0.384. The number of hydrogen-bond acceptors (Lipinski definition) is 8. The van der Waals surface area contributed by atoms with Gasteiger partial charge in [0.15, 0.2) is 0 Å². The Kier molecular flexibility index (Phi) is 4.46. The van der Waals surface area contributed by atoms with Gasteiger partial charge >= 0.3 is 5.69 Å². The van der Waals surface area contributed by atoms with E-state index in [1.807, 2.05) is 12.1 Å². The quantitative estimate of drug-likeness (QED) is 0.412. The Labute approximate surface area is 120 Å². The Morgan fingerprint density at radius 3 is 2.67 bits per heavy atom. The Morgan fingerprint density at radius 1 is 1.38 bits per heavy atom. The van der Waals surface area contributed by atoms with E-state index in [0.717, 1.165) is 17.5 Å². The molecule has 0 amide bonds. The molecule has 0 fully saturated rings. The number of anilines is 2. The zero-order chi connectivity index (χ0) is 15.2. The van der Waals surface area contributed by atoms with Crippen LogP contribution in [0.4, 0.5) is 17.5 Å². The van der Waals surface area contributed by atoms with E-state index in [1.165, 1.54) is 0 Å². The lowest BCUT2D eigenvalue weighted by Crippen LogP contribution is -2.13. The summed E-state index contributed by atoms with van der Waals surface area (Å²) >= 11 is 0. The standard InChI is InChI=1S/C12H14N6O3/c1-21-9-4-2-8(3-5-9)6-14-11-10(18(19)20)7-15-12(16-11)17-13/h2-5,7H,6,13H2,1H3,(H2,14,15,16,17). The minimum absolute atomic E-state index is 0.0952. The molecule has 0 saturated carbocycles. The van der Waals surface area contributed by atoms with E-state index in [9.17, 15) is 10.1 Å². The van der Waals surface area contributed by atoms with Gasteiger partial charge in [0.1, 0.15) is 11.9 Å². The van der Waals surface area contributed by atoms with Crippen LogP contribution in [0.25, 0.3) is 0 Å². The van der Waals surface area contributed by atoms with Crippen molar-refractivity contribution in [2.75, 3.05) is 17.9 Å². The molecule has 0 bridgehead atoms. The minimum Gasteiger partial charge on any atom is -0.497 e. The summed E-state index contributed by atoms with van der Waals surface area (Å²) in [6.45, 7) is 0.367. The first kappa shape index (κ1) is 14.5. The number of rotatable bonds is 6. The van der Waals surface area contributed by atoms with E-state index in [4.69, 9.17) is 10.6 Å². The highest BCUT2D eigenvalue weighted by atomic mass is 16.6. The third kappa shape index (κ3) is 3.54. The Bertz CT molecular complexity index is 631. The zero-order valence-electron chi connectivity index (χ0n) is 11.2. The largest absolute Gasteiger partial charge is 0.497 e. The first-order chi connectivity index (χ1) is 10.1. The molecule has 4 N–H and O–H groups in total. The smallest absolute Gasteiger partial charge is 0.329 e. The number of nitrogens with two attached hydrogens (primary N) is 1. The Balaban J connectivity index is 2.15. The van der Waals surface area contributed by atoms with Gasteiger partial charge in [-0.25, -0.2) is 10.8 Å². The molecule has 0 aliphatic carbocycles. The van der Waals surface area contributed by atoms with Crippen molar-refractivity contribution in [1.29, 1.82) is 0 Å². The molecule has 1 aromatic carbocycles. The fraction of sp³-hybridized carbons (Fsp3) is 0.167. The van der Waals surface area contributed by atoms with Gasteiger partial charge in [-0.2, -0.15) is 4.98 Å². The Morgan fingerprint density at radius 2 is 2.10 bits per heavy atom. The van der Waals surface area contributed by atoms with Crippen LogP contribution in [0.3, 0.4) is 0 Å². The monoisotopic (exact) mass is 290 g/mol. The second-order valence-corrected chi connectivity index (χ2v) is 4.03. The van der Waals surface area contributed by atoms with Gasteiger partial charge in [0.25, 0.3) is 0 Å². The second kappa shape index (κ2) is 6.48. The number of hydrazine groups is 1. The summed E-state index contributed by atoms with van der Waals surface area (Å²) in [6, 6.07) is 7.30. The zero-order valence-corrected chi connectivity index (χ0v) is 11.2. The lowest BCUT2D eigenvalue weighted by atomic mass is 10.2. The molecule has 110 valence electrons. The predicted molar refractivity (Wildman–Crippen MR) is 76.8 cm³/mol. The summed E-state index contributed by atoms with van der Waals surface area (Å²) in [5.41, 5.74) is 2.95. The number of nitrogen functional groups attached to an aromatic ring is 1. The van der Waals surface area contributed by atoms with E-state index < -0.39 is 4.92 Å². The molecule has 0 spiro atoms. The molecule has 9 nitrogen and oxygen atoms in total. The number of ether oxygens (including phenoxy) is 1.